The highest BCUT2D eigenvalue weighted by Gasteiger charge is 2.38. The Bertz CT molecular complexity index is 1060. The van der Waals surface area contributed by atoms with Crippen LogP contribution in [0.15, 0.2) is 28.9 Å². The van der Waals surface area contributed by atoms with E-state index in [1.165, 1.54) is 19.5 Å². The Labute approximate surface area is 161 Å². The predicted octanol–water partition coefficient (Wildman–Crippen LogP) is 3.14. The number of carbonyl (C=O) groups excluding carboxylic acids is 1. The lowest BCUT2D eigenvalue weighted by molar-refractivity contribution is 0.0950. The van der Waals surface area contributed by atoms with Crippen LogP contribution in [0.25, 0.3) is 11.1 Å². The van der Waals surface area contributed by atoms with Gasteiger partial charge in [-0.05, 0) is 44.4 Å². The van der Waals surface area contributed by atoms with Crippen molar-refractivity contribution in [3.8, 4) is 11.5 Å². The number of ether oxygens (including phenoxy) is 1. The van der Waals surface area contributed by atoms with Crippen LogP contribution in [-0.4, -0.2) is 33.6 Å². The van der Waals surface area contributed by atoms with E-state index in [1.54, 1.807) is 19.1 Å². The molecule has 0 saturated heterocycles. The quantitative estimate of drug-likeness (QED) is 0.601. The van der Waals surface area contributed by atoms with E-state index in [9.17, 15) is 9.90 Å². The number of aryl methyl sites for hydroxylation is 1. The van der Waals surface area contributed by atoms with Crippen molar-refractivity contribution in [2.45, 2.75) is 38.8 Å². The summed E-state index contributed by atoms with van der Waals surface area (Å²) in [6.07, 6.45) is 3.54. The maximum Gasteiger partial charge on any atom is 0.255 e. The topological polar surface area (TPSA) is 110 Å². The number of phenolic OH excluding ortho intramolecular Hbond substituents is 1. The van der Waals surface area contributed by atoms with E-state index in [0.29, 0.717) is 34.0 Å². The van der Waals surface area contributed by atoms with Gasteiger partial charge >= 0.3 is 0 Å². The molecule has 1 fully saturated rings. The van der Waals surface area contributed by atoms with E-state index in [1.807, 2.05) is 0 Å². The number of nitrogens with zero attached hydrogens (tertiary/aromatic N) is 2. The van der Waals surface area contributed by atoms with Gasteiger partial charge in [0.1, 0.15) is 17.9 Å². The molecule has 0 unspecified atom stereocenters. The molecule has 3 N–H and O–H groups in total. The first-order valence-corrected chi connectivity index (χ1v) is 9.06. The van der Waals surface area contributed by atoms with Gasteiger partial charge in [0.2, 0.25) is 5.71 Å². The molecular weight excluding hydrogens is 360 g/mol. The minimum absolute atomic E-state index is 0.00278. The SMILES string of the molecule is COc1cc(CNC(=O)c2c(C)oc3ncnc(NC4(C)CC4)c23)ccc1O. The molecule has 0 aliphatic heterocycles. The van der Waals surface area contributed by atoms with Crippen LogP contribution in [0.5, 0.6) is 11.5 Å². The molecule has 1 amide bonds. The number of amides is 1. The number of nitrogens with one attached hydrogen (secondary N) is 2. The second-order valence-corrected chi connectivity index (χ2v) is 7.31. The first kappa shape index (κ1) is 18.1. The summed E-state index contributed by atoms with van der Waals surface area (Å²) in [7, 11) is 1.48. The molecule has 1 aliphatic carbocycles. The third kappa shape index (κ3) is 3.33. The highest BCUT2D eigenvalue weighted by atomic mass is 16.5. The fraction of sp³-hybridized carbons (Fsp3) is 0.350. The average molecular weight is 382 g/mol. The van der Waals surface area contributed by atoms with Gasteiger partial charge < -0.3 is 24.9 Å². The minimum Gasteiger partial charge on any atom is -0.504 e. The van der Waals surface area contributed by atoms with E-state index in [4.69, 9.17) is 9.15 Å². The van der Waals surface area contributed by atoms with Crippen LogP contribution in [0.2, 0.25) is 0 Å². The van der Waals surface area contributed by atoms with Crippen LogP contribution < -0.4 is 15.4 Å². The number of hydrogen-bond acceptors (Lipinski definition) is 7. The van der Waals surface area contributed by atoms with Gasteiger partial charge in [0.15, 0.2) is 11.5 Å². The summed E-state index contributed by atoms with van der Waals surface area (Å²) in [6, 6.07) is 4.94. The van der Waals surface area contributed by atoms with Gasteiger partial charge in [0.05, 0.1) is 18.1 Å². The number of rotatable bonds is 6. The highest BCUT2D eigenvalue weighted by molar-refractivity contribution is 6.10. The van der Waals surface area contributed by atoms with Crippen molar-refractivity contribution < 1.29 is 19.1 Å². The summed E-state index contributed by atoms with van der Waals surface area (Å²) in [5, 5.41) is 16.6. The van der Waals surface area contributed by atoms with Crippen molar-refractivity contribution in [2.24, 2.45) is 0 Å². The molecule has 2 aromatic heterocycles. The van der Waals surface area contributed by atoms with E-state index >= 15 is 0 Å². The number of aromatic nitrogens is 2. The third-order valence-electron chi connectivity index (χ3n) is 5.01. The normalized spacial score (nSPS) is 14.7. The summed E-state index contributed by atoms with van der Waals surface area (Å²) in [6.45, 7) is 4.13. The summed E-state index contributed by atoms with van der Waals surface area (Å²) in [5.41, 5.74) is 1.61. The molecule has 28 heavy (non-hydrogen) atoms. The van der Waals surface area contributed by atoms with Gasteiger partial charge in [-0.3, -0.25) is 4.79 Å². The Morgan fingerprint density at radius 3 is 2.86 bits per heavy atom. The number of furan rings is 1. The van der Waals surface area contributed by atoms with E-state index in [2.05, 4.69) is 27.5 Å². The van der Waals surface area contributed by atoms with Crippen LogP contribution in [0.1, 0.15) is 41.4 Å². The minimum atomic E-state index is -0.276. The number of hydrogen-bond donors (Lipinski definition) is 3. The molecule has 3 aromatic rings. The standard InChI is InChI=1S/C20H22N4O4/c1-11-15(18(26)21-9-12-4-5-13(25)14(8-12)27-3)16-17(24-20(2)6-7-20)22-10-23-19(16)28-11/h4-5,8,10,25H,6-7,9H2,1-3H3,(H,21,26)(H,22,23,24). The Morgan fingerprint density at radius 2 is 2.14 bits per heavy atom. The van der Waals surface area contributed by atoms with Gasteiger partial charge in [0.25, 0.3) is 5.91 Å². The molecule has 2 heterocycles. The highest BCUT2D eigenvalue weighted by Crippen LogP contribution is 2.40. The molecule has 146 valence electrons. The molecular formula is C20H22N4O4. The Balaban J connectivity index is 1.61. The first-order chi connectivity index (χ1) is 13.4. The lowest BCUT2D eigenvalue weighted by Crippen LogP contribution is -2.24. The van der Waals surface area contributed by atoms with Crippen molar-refractivity contribution >= 4 is 22.8 Å². The molecule has 1 saturated carbocycles. The van der Waals surface area contributed by atoms with Crippen molar-refractivity contribution in [3.63, 3.8) is 0 Å². The lowest BCUT2D eigenvalue weighted by atomic mass is 10.1. The molecule has 1 aromatic carbocycles. The molecule has 8 heteroatoms. The van der Waals surface area contributed by atoms with E-state index in [0.717, 1.165) is 18.4 Å². The molecule has 8 nitrogen and oxygen atoms in total. The second kappa shape index (κ2) is 6.70. The molecule has 0 atom stereocenters. The monoisotopic (exact) mass is 382 g/mol. The maximum atomic E-state index is 12.9. The lowest BCUT2D eigenvalue weighted by Gasteiger charge is -2.13. The number of phenols is 1. The van der Waals surface area contributed by atoms with Gasteiger partial charge in [-0.1, -0.05) is 6.07 Å². The summed E-state index contributed by atoms with van der Waals surface area (Å²) >= 11 is 0. The summed E-state index contributed by atoms with van der Waals surface area (Å²) in [4.78, 5) is 21.4. The Kier molecular flexibility index (Phi) is 4.33. The van der Waals surface area contributed by atoms with Crippen molar-refractivity contribution in [3.05, 3.63) is 41.4 Å². The van der Waals surface area contributed by atoms with Crippen molar-refractivity contribution in [1.82, 2.24) is 15.3 Å². The Hall–Kier alpha value is -3.29. The van der Waals surface area contributed by atoms with Gasteiger partial charge in [0, 0.05) is 12.1 Å². The largest absolute Gasteiger partial charge is 0.504 e. The fourth-order valence-corrected chi connectivity index (χ4v) is 3.11. The molecule has 0 bridgehead atoms. The summed E-state index contributed by atoms with van der Waals surface area (Å²) in [5.74, 6) is 1.23. The van der Waals surface area contributed by atoms with Crippen LogP contribution in [-0.2, 0) is 6.54 Å². The number of aromatic hydroxyl groups is 1. The van der Waals surface area contributed by atoms with Crippen LogP contribution in [0.4, 0.5) is 5.82 Å². The zero-order chi connectivity index (χ0) is 19.9. The molecule has 0 radical (unpaired) electrons. The summed E-state index contributed by atoms with van der Waals surface area (Å²) < 4.78 is 10.8. The van der Waals surface area contributed by atoms with Gasteiger partial charge in [-0.25, -0.2) is 9.97 Å². The van der Waals surface area contributed by atoms with E-state index < -0.39 is 0 Å². The Morgan fingerprint density at radius 1 is 1.36 bits per heavy atom. The smallest absolute Gasteiger partial charge is 0.255 e. The van der Waals surface area contributed by atoms with Gasteiger partial charge in [-0.15, -0.1) is 0 Å². The number of benzene rings is 1. The average Bonchev–Trinajstić information content (AvgIpc) is 3.29. The second-order valence-electron chi connectivity index (χ2n) is 7.31. The van der Waals surface area contributed by atoms with E-state index in [-0.39, 0.29) is 23.7 Å². The first-order valence-electron chi connectivity index (χ1n) is 9.06. The zero-order valence-electron chi connectivity index (χ0n) is 16.0. The zero-order valence-corrected chi connectivity index (χ0v) is 16.0. The number of methoxy groups -OCH3 is 1. The molecule has 1 aliphatic rings. The maximum absolute atomic E-state index is 12.9. The van der Waals surface area contributed by atoms with Gasteiger partial charge in [-0.2, -0.15) is 0 Å². The number of fused-ring (bicyclic) bond motifs is 1. The van der Waals surface area contributed by atoms with Crippen LogP contribution in [0.3, 0.4) is 0 Å². The molecule has 0 spiro atoms. The van der Waals surface area contributed by atoms with Crippen molar-refractivity contribution in [2.75, 3.05) is 12.4 Å². The predicted molar refractivity (Wildman–Crippen MR) is 104 cm³/mol. The number of anilines is 1. The third-order valence-corrected chi connectivity index (χ3v) is 5.01. The molecule has 4 rings (SSSR count). The van der Waals surface area contributed by atoms with Crippen LogP contribution >= 0.6 is 0 Å². The number of carbonyl (C=O) groups is 1. The van der Waals surface area contributed by atoms with Crippen molar-refractivity contribution in [1.29, 1.82) is 0 Å². The van der Waals surface area contributed by atoms with Crippen LogP contribution in [0, 0.1) is 6.92 Å². The fourth-order valence-electron chi connectivity index (χ4n) is 3.11.